The molecule has 0 aromatic heterocycles. The predicted molar refractivity (Wildman–Crippen MR) is 87.9 cm³/mol. The molecule has 0 radical (unpaired) electrons. The molecule has 2 N–H and O–H groups in total. The Bertz CT molecular complexity index is 392. The maximum absolute atomic E-state index is 12.4. The first-order valence-corrected chi connectivity index (χ1v) is 7.80. The summed E-state index contributed by atoms with van der Waals surface area (Å²) >= 11 is 0. The molecule has 0 aliphatic carbocycles. The number of rotatable bonds is 10. The van der Waals surface area contributed by atoms with E-state index in [4.69, 9.17) is 5.73 Å². The highest BCUT2D eigenvalue weighted by atomic mass is 16.2. The first kappa shape index (κ1) is 17.7. The van der Waals surface area contributed by atoms with Crippen LogP contribution >= 0.6 is 0 Å². The highest BCUT2D eigenvalue weighted by molar-refractivity contribution is 5.76. The Labute approximate surface area is 128 Å². The Balaban J connectivity index is 2.52. The van der Waals surface area contributed by atoms with Gasteiger partial charge in [-0.05, 0) is 39.0 Å². The minimum atomic E-state index is 0.248. The van der Waals surface area contributed by atoms with Gasteiger partial charge >= 0.3 is 0 Å². The monoisotopic (exact) mass is 291 g/mol. The van der Waals surface area contributed by atoms with Crippen LogP contribution in [0.1, 0.15) is 31.2 Å². The number of likely N-dealkylation sites (N-methyl/N-ethyl adjacent to an activating group) is 1. The normalized spacial score (nSPS) is 10.9. The third kappa shape index (κ3) is 7.83. The van der Waals surface area contributed by atoms with Crippen LogP contribution < -0.4 is 5.73 Å². The Morgan fingerprint density at radius 1 is 1.05 bits per heavy atom. The number of hydrogen-bond acceptors (Lipinski definition) is 3. The van der Waals surface area contributed by atoms with Crippen molar-refractivity contribution in [1.82, 2.24) is 9.80 Å². The topological polar surface area (TPSA) is 49.6 Å². The van der Waals surface area contributed by atoms with E-state index in [9.17, 15) is 4.79 Å². The van der Waals surface area contributed by atoms with Gasteiger partial charge in [0.15, 0.2) is 0 Å². The summed E-state index contributed by atoms with van der Waals surface area (Å²) in [4.78, 5) is 16.5. The molecule has 4 heteroatoms. The van der Waals surface area contributed by atoms with Crippen LogP contribution in [-0.2, 0) is 11.3 Å². The lowest BCUT2D eigenvalue weighted by Gasteiger charge is -2.24. The lowest BCUT2D eigenvalue weighted by Crippen LogP contribution is -2.36. The first-order chi connectivity index (χ1) is 10.1. The van der Waals surface area contributed by atoms with Gasteiger partial charge in [0.05, 0.1) is 0 Å². The van der Waals surface area contributed by atoms with Gasteiger partial charge in [-0.15, -0.1) is 0 Å². The van der Waals surface area contributed by atoms with Gasteiger partial charge in [-0.25, -0.2) is 0 Å². The molecular weight excluding hydrogens is 262 g/mol. The Morgan fingerprint density at radius 2 is 1.76 bits per heavy atom. The van der Waals surface area contributed by atoms with E-state index in [1.165, 1.54) is 5.56 Å². The predicted octanol–water partition coefficient (Wildman–Crippen LogP) is 2.10. The van der Waals surface area contributed by atoms with E-state index >= 15 is 0 Å². The molecule has 0 heterocycles. The van der Waals surface area contributed by atoms with E-state index in [0.29, 0.717) is 19.5 Å². The Hall–Kier alpha value is -1.39. The number of benzene rings is 1. The van der Waals surface area contributed by atoms with Gasteiger partial charge in [-0.2, -0.15) is 0 Å². The molecule has 4 nitrogen and oxygen atoms in total. The van der Waals surface area contributed by atoms with Crippen LogP contribution in [0.4, 0.5) is 0 Å². The van der Waals surface area contributed by atoms with Crippen LogP contribution in [0, 0.1) is 0 Å². The van der Waals surface area contributed by atoms with Gasteiger partial charge in [-0.3, -0.25) is 4.79 Å². The summed E-state index contributed by atoms with van der Waals surface area (Å²) in [6.07, 6.45) is 3.60. The molecule has 1 amide bonds. The molecule has 0 saturated heterocycles. The molecule has 0 unspecified atom stereocenters. The maximum atomic E-state index is 12.4. The number of carbonyl (C=O) groups excluding carboxylic acids is 1. The third-order valence-corrected chi connectivity index (χ3v) is 3.48. The zero-order valence-electron chi connectivity index (χ0n) is 13.4. The van der Waals surface area contributed by atoms with Crippen LogP contribution in [-0.4, -0.2) is 49.4 Å². The number of carbonyl (C=O) groups is 1. The van der Waals surface area contributed by atoms with E-state index in [0.717, 1.165) is 32.4 Å². The van der Waals surface area contributed by atoms with Gasteiger partial charge in [0.2, 0.25) is 5.91 Å². The summed E-state index contributed by atoms with van der Waals surface area (Å²) < 4.78 is 0. The van der Waals surface area contributed by atoms with Crippen LogP contribution in [0.5, 0.6) is 0 Å². The maximum Gasteiger partial charge on any atom is 0.222 e. The van der Waals surface area contributed by atoms with Crippen molar-refractivity contribution >= 4 is 5.91 Å². The summed E-state index contributed by atoms with van der Waals surface area (Å²) in [6, 6.07) is 10.2. The number of nitrogens with two attached hydrogens (primary N) is 1. The number of nitrogens with zero attached hydrogens (tertiary/aromatic N) is 2. The van der Waals surface area contributed by atoms with Crippen LogP contribution in [0.2, 0.25) is 0 Å². The van der Waals surface area contributed by atoms with E-state index in [2.05, 4.69) is 17.0 Å². The second kappa shape index (κ2) is 10.4. The van der Waals surface area contributed by atoms with Crippen molar-refractivity contribution < 1.29 is 4.79 Å². The standard InChI is InChI=1S/C17H29N3O/c1-19(2)13-14-20(15-16-9-5-3-6-10-16)17(21)11-7-4-8-12-18/h3,5-6,9-10H,4,7-8,11-15,18H2,1-2H3. The molecule has 0 bridgehead atoms. The summed E-state index contributed by atoms with van der Waals surface area (Å²) in [5.41, 5.74) is 6.67. The molecule has 21 heavy (non-hydrogen) atoms. The van der Waals surface area contributed by atoms with E-state index < -0.39 is 0 Å². The van der Waals surface area contributed by atoms with E-state index in [-0.39, 0.29) is 5.91 Å². The molecule has 0 aliphatic heterocycles. The van der Waals surface area contributed by atoms with Crippen molar-refractivity contribution in [3.8, 4) is 0 Å². The molecule has 0 aliphatic rings. The number of hydrogen-bond donors (Lipinski definition) is 1. The quantitative estimate of drug-likeness (QED) is 0.672. The number of amides is 1. The molecule has 0 atom stereocenters. The molecule has 1 rings (SSSR count). The highest BCUT2D eigenvalue weighted by Gasteiger charge is 2.13. The fourth-order valence-corrected chi connectivity index (χ4v) is 2.17. The SMILES string of the molecule is CN(C)CCN(Cc1ccccc1)C(=O)CCCCCN. The zero-order valence-corrected chi connectivity index (χ0v) is 13.4. The summed E-state index contributed by atoms with van der Waals surface area (Å²) in [5.74, 6) is 0.248. The van der Waals surface area contributed by atoms with Crippen LogP contribution in [0.15, 0.2) is 30.3 Å². The molecule has 0 fully saturated rings. The molecular formula is C17H29N3O. The largest absolute Gasteiger partial charge is 0.337 e. The molecule has 1 aromatic rings. The van der Waals surface area contributed by atoms with Gasteiger partial charge in [0.25, 0.3) is 0 Å². The summed E-state index contributed by atoms with van der Waals surface area (Å²) in [5, 5.41) is 0. The minimum absolute atomic E-state index is 0.248. The second-order valence-electron chi connectivity index (χ2n) is 5.70. The summed E-state index contributed by atoms with van der Waals surface area (Å²) in [7, 11) is 4.07. The van der Waals surface area contributed by atoms with Crippen LogP contribution in [0.25, 0.3) is 0 Å². The van der Waals surface area contributed by atoms with Crippen molar-refractivity contribution in [2.24, 2.45) is 5.73 Å². The Kier molecular flexibility index (Phi) is 8.71. The minimum Gasteiger partial charge on any atom is -0.337 e. The van der Waals surface area contributed by atoms with E-state index in [1.807, 2.05) is 37.2 Å². The average molecular weight is 291 g/mol. The van der Waals surface area contributed by atoms with Crippen molar-refractivity contribution in [2.75, 3.05) is 33.7 Å². The van der Waals surface area contributed by atoms with Gasteiger partial charge < -0.3 is 15.5 Å². The van der Waals surface area contributed by atoms with Crippen molar-refractivity contribution in [1.29, 1.82) is 0 Å². The first-order valence-electron chi connectivity index (χ1n) is 7.80. The second-order valence-corrected chi connectivity index (χ2v) is 5.70. The van der Waals surface area contributed by atoms with Crippen LogP contribution in [0.3, 0.4) is 0 Å². The average Bonchev–Trinajstić information content (AvgIpc) is 2.48. The Morgan fingerprint density at radius 3 is 2.38 bits per heavy atom. The third-order valence-electron chi connectivity index (χ3n) is 3.48. The molecule has 1 aromatic carbocycles. The molecule has 118 valence electrons. The van der Waals surface area contributed by atoms with Gasteiger partial charge in [0, 0.05) is 26.1 Å². The lowest BCUT2D eigenvalue weighted by atomic mass is 10.1. The summed E-state index contributed by atoms with van der Waals surface area (Å²) in [6.45, 7) is 3.08. The van der Waals surface area contributed by atoms with Crippen molar-refractivity contribution in [2.45, 2.75) is 32.2 Å². The number of unbranched alkanes of at least 4 members (excludes halogenated alkanes) is 2. The smallest absolute Gasteiger partial charge is 0.222 e. The van der Waals surface area contributed by atoms with Crippen molar-refractivity contribution in [3.05, 3.63) is 35.9 Å². The van der Waals surface area contributed by atoms with Gasteiger partial charge in [0.1, 0.15) is 0 Å². The fourth-order valence-electron chi connectivity index (χ4n) is 2.17. The van der Waals surface area contributed by atoms with Gasteiger partial charge in [-0.1, -0.05) is 36.8 Å². The van der Waals surface area contributed by atoms with Crippen molar-refractivity contribution in [3.63, 3.8) is 0 Å². The highest BCUT2D eigenvalue weighted by Crippen LogP contribution is 2.09. The molecule has 0 spiro atoms. The van der Waals surface area contributed by atoms with E-state index in [1.54, 1.807) is 0 Å². The molecule has 0 saturated carbocycles. The zero-order chi connectivity index (χ0) is 15.5. The lowest BCUT2D eigenvalue weighted by molar-refractivity contribution is -0.132. The fraction of sp³-hybridized carbons (Fsp3) is 0.588.